The standard InChI is InChI=1S/C17H15BrN2O2/c1-12-15(9-10-21-16-8-7-14(18)11-19-16)20-17(22-12)13-5-3-2-4-6-13/h2-8,11H,9-10H2,1H3. The highest BCUT2D eigenvalue weighted by Gasteiger charge is 2.11. The summed E-state index contributed by atoms with van der Waals surface area (Å²) in [6, 6.07) is 13.6. The zero-order valence-corrected chi connectivity index (χ0v) is 13.7. The van der Waals surface area contributed by atoms with Crippen molar-refractivity contribution in [2.24, 2.45) is 0 Å². The molecule has 1 aromatic carbocycles. The molecule has 0 unspecified atom stereocenters. The van der Waals surface area contributed by atoms with Crippen molar-refractivity contribution in [1.82, 2.24) is 9.97 Å². The molecule has 2 heterocycles. The summed E-state index contributed by atoms with van der Waals surface area (Å²) >= 11 is 3.34. The molecule has 3 rings (SSSR count). The zero-order chi connectivity index (χ0) is 15.4. The van der Waals surface area contributed by atoms with Crippen LogP contribution >= 0.6 is 15.9 Å². The maximum atomic E-state index is 5.73. The topological polar surface area (TPSA) is 48.2 Å². The average Bonchev–Trinajstić information content (AvgIpc) is 2.91. The lowest BCUT2D eigenvalue weighted by molar-refractivity contribution is 0.307. The molecule has 112 valence electrons. The maximum Gasteiger partial charge on any atom is 0.226 e. The Hall–Kier alpha value is -2.14. The lowest BCUT2D eigenvalue weighted by atomic mass is 10.2. The van der Waals surface area contributed by atoms with Crippen LogP contribution < -0.4 is 4.74 Å². The van der Waals surface area contributed by atoms with Gasteiger partial charge in [-0.3, -0.25) is 0 Å². The van der Waals surface area contributed by atoms with Gasteiger partial charge >= 0.3 is 0 Å². The van der Waals surface area contributed by atoms with Crippen LogP contribution in [0.3, 0.4) is 0 Å². The first-order valence-electron chi connectivity index (χ1n) is 6.98. The molecule has 3 aromatic rings. The number of nitrogens with zero attached hydrogens (tertiary/aromatic N) is 2. The van der Waals surface area contributed by atoms with Crippen molar-refractivity contribution in [3.05, 3.63) is 64.6 Å². The van der Waals surface area contributed by atoms with Crippen LogP contribution in [0.4, 0.5) is 0 Å². The van der Waals surface area contributed by atoms with E-state index in [1.54, 1.807) is 6.20 Å². The van der Waals surface area contributed by atoms with Crippen LogP contribution in [-0.2, 0) is 6.42 Å². The highest BCUT2D eigenvalue weighted by atomic mass is 79.9. The van der Waals surface area contributed by atoms with Crippen LogP contribution in [0.25, 0.3) is 11.5 Å². The fourth-order valence-corrected chi connectivity index (χ4v) is 2.30. The molecule has 0 spiro atoms. The van der Waals surface area contributed by atoms with E-state index in [0.717, 1.165) is 21.5 Å². The average molecular weight is 359 g/mol. The van der Waals surface area contributed by atoms with Gasteiger partial charge in [-0.2, -0.15) is 0 Å². The minimum absolute atomic E-state index is 0.510. The predicted octanol–water partition coefficient (Wildman–Crippen LogP) is 4.43. The van der Waals surface area contributed by atoms with Crippen LogP contribution in [0.15, 0.2) is 57.6 Å². The minimum Gasteiger partial charge on any atom is -0.477 e. The van der Waals surface area contributed by atoms with Crippen LogP contribution in [0.2, 0.25) is 0 Å². The van der Waals surface area contributed by atoms with E-state index in [0.29, 0.717) is 24.8 Å². The van der Waals surface area contributed by atoms with E-state index in [9.17, 15) is 0 Å². The summed E-state index contributed by atoms with van der Waals surface area (Å²) in [6.07, 6.45) is 2.39. The molecule has 0 radical (unpaired) electrons. The minimum atomic E-state index is 0.510. The highest BCUT2D eigenvalue weighted by molar-refractivity contribution is 9.10. The lowest BCUT2D eigenvalue weighted by Crippen LogP contribution is -2.03. The van der Waals surface area contributed by atoms with Gasteiger partial charge in [0.25, 0.3) is 0 Å². The molecule has 2 aromatic heterocycles. The molecular formula is C17H15BrN2O2. The summed E-state index contributed by atoms with van der Waals surface area (Å²) in [5.41, 5.74) is 1.89. The Morgan fingerprint density at radius 1 is 1.14 bits per heavy atom. The third-order valence-corrected chi connectivity index (χ3v) is 3.67. The summed E-state index contributed by atoms with van der Waals surface area (Å²) < 4.78 is 12.3. The zero-order valence-electron chi connectivity index (χ0n) is 12.1. The predicted molar refractivity (Wildman–Crippen MR) is 87.8 cm³/mol. The van der Waals surface area contributed by atoms with Crippen molar-refractivity contribution in [1.29, 1.82) is 0 Å². The number of benzene rings is 1. The normalized spacial score (nSPS) is 10.6. The second-order valence-electron chi connectivity index (χ2n) is 4.80. The summed E-state index contributed by atoms with van der Waals surface area (Å²) in [6.45, 7) is 2.43. The first kappa shape index (κ1) is 14.8. The van der Waals surface area contributed by atoms with Crippen molar-refractivity contribution >= 4 is 15.9 Å². The van der Waals surface area contributed by atoms with Gasteiger partial charge in [0.2, 0.25) is 11.8 Å². The van der Waals surface area contributed by atoms with Gasteiger partial charge in [-0.05, 0) is 41.1 Å². The molecule has 0 amide bonds. The van der Waals surface area contributed by atoms with Gasteiger partial charge in [-0.25, -0.2) is 9.97 Å². The van der Waals surface area contributed by atoms with E-state index < -0.39 is 0 Å². The van der Waals surface area contributed by atoms with Crippen LogP contribution in [-0.4, -0.2) is 16.6 Å². The Bertz CT molecular complexity index is 739. The van der Waals surface area contributed by atoms with Gasteiger partial charge in [-0.1, -0.05) is 18.2 Å². The van der Waals surface area contributed by atoms with E-state index in [4.69, 9.17) is 9.15 Å². The van der Waals surface area contributed by atoms with Gasteiger partial charge in [0.1, 0.15) is 5.76 Å². The monoisotopic (exact) mass is 358 g/mol. The molecule has 0 aliphatic heterocycles. The van der Waals surface area contributed by atoms with Crippen LogP contribution in [0.1, 0.15) is 11.5 Å². The van der Waals surface area contributed by atoms with E-state index in [2.05, 4.69) is 25.9 Å². The van der Waals surface area contributed by atoms with E-state index in [-0.39, 0.29) is 0 Å². The molecule has 22 heavy (non-hydrogen) atoms. The lowest BCUT2D eigenvalue weighted by Gasteiger charge is -2.03. The Balaban J connectivity index is 1.63. The van der Waals surface area contributed by atoms with Crippen molar-refractivity contribution in [3.63, 3.8) is 0 Å². The maximum absolute atomic E-state index is 5.73. The van der Waals surface area contributed by atoms with Gasteiger partial charge < -0.3 is 9.15 Å². The van der Waals surface area contributed by atoms with Crippen molar-refractivity contribution in [2.45, 2.75) is 13.3 Å². The number of ether oxygens (including phenoxy) is 1. The van der Waals surface area contributed by atoms with Crippen molar-refractivity contribution in [3.8, 4) is 17.3 Å². The first-order chi connectivity index (χ1) is 10.7. The van der Waals surface area contributed by atoms with Crippen molar-refractivity contribution in [2.75, 3.05) is 6.61 Å². The second-order valence-corrected chi connectivity index (χ2v) is 5.72. The third kappa shape index (κ3) is 3.54. The van der Waals surface area contributed by atoms with Crippen molar-refractivity contribution < 1.29 is 9.15 Å². The molecule has 0 saturated heterocycles. The van der Waals surface area contributed by atoms with Gasteiger partial charge in [0, 0.05) is 28.7 Å². The summed E-state index contributed by atoms with van der Waals surface area (Å²) in [4.78, 5) is 8.72. The molecule has 0 atom stereocenters. The van der Waals surface area contributed by atoms with E-state index >= 15 is 0 Å². The first-order valence-corrected chi connectivity index (χ1v) is 7.78. The molecule has 0 N–H and O–H groups in total. The Morgan fingerprint density at radius 2 is 1.95 bits per heavy atom. The number of oxazole rings is 1. The fourth-order valence-electron chi connectivity index (χ4n) is 2.06. The molecular weight excluding hydrogens is 344 g/mol. The summed E-state index contributed by atoms with van der Waals surface area (Å²) in [5.74, 6) is 2.08. The molecule has 0 saturated carbocycles. The number of rotatable bonds is 5. The Morgan fingerprint density at radius 3 is 2.68 bits per heavy atom. The molecule has 5 heteroatoms. The highest BCUT2D eigenvalue weighted by Crippen LogP contribution is 2.21. The van der Waals surface area contributed by atoms with E-state index in [1.165, 1.54) is 0 Å². The number of aromatic nitrogens is 2. The Labute approximate surface area is 137 Å². The summed E-state index contributed by atoms with van der Waals surface area (Å²) in [7, 11) is 0. The Kier molecular flexibility index (Phi) is 4.53. The second kappa shape index (κ2) is 6.75. The van der Waals surface area contributed by atoms with Crippen LogP contribution in [0.5, 0.6) is 5.88 Å². The van der Waals surface area contributed by atoms with Gasteiger partial charge in [0.05, 0.1) is 12.3 Å². The fraction of sp³-hybridized carbons (Fsp3) is 0.176. The quantitative estimate of drug-likeness (QED) is 0.676. The largest absolute Gasteiger partial charge is 0.477 e. The van der Waals surface area contributed by atoms with Crippen LogP contribution in [0, 0.1) is 6.92 Å². The molecule has 0 aliphatic carbocycles. The molecule has 4 nitrogen and oxygen atoms in total. The number of pyridine rings is 1. The van der Waals surface area contributed by atoms with Gasteiger partial charge in [0.15, 0.2) is 0 Å². The van der Waals surface area contributed by atoms with E-state index in [1.807, 2.05) is 49.4 Å². The number of aryl methyl sites for hydroxylation is 1. The summed E-state index contributed by atoms with van der Waals surface area (Å²) in [5, 5.41) is 0. The number of halogens is 1. The molecule has 0 fully saturated rings. The number of hydrogen-bond acceptors (Lipinski definition) is 4. The van der Waals surface area contributed by atoms with Gasteiger partial charge in [-0.15, -0.1) is 0 Å². The molecule has 0 aliphatic rings. The molecule has 0 bridgehead atoms. The number of hydrogen-bond donors (Lipinski definition) is 0. The smallest absolute Gasteiger partial charge is 0.226 e. The third-order valence-electron chi connectivity index (χ3n) is 3.20. The SMILES string of the molecule is Cc1oc(-c2ccccc2)nc1CCOc1ccc(Br)cn1.